The Kier molecular flexibility index (Phi) is 5.15. The summed E-state index contributed by atoms with van der Waals surface area (Å²) in [6.45, 7) is 0.0733. The maximum Gasteiger partial charge on any atom is 0.140 e. The second kappa shape index (κ2) is 6.40. The van der Waals surface area contributed by atoms with Crippen LogP contribution in [0.25, 0.3) is 11.1 Å². The first kappa shape index (κ1) is 12.9. The number of hydrogen-bond acceptors (Lipinski definition) is 1. The topological polar surface area (TPSA) is 20.2 Å². The van der Waals surface area contributed by atoms with Crippen molar-refractivity contribution in [3.63, 3.8) is 0 Å². The normalized spacial score (nSPS) is 9.31. The molecule has 1 nitrogen and oxygen atoms in total. The van der Waals surface area contributed by atoms with Crippen molar-refractivity contribution < 1.29 is 22.5 Å². The van der Waals surface area contributed by atoms with E-state index in [9.17, 15) is 0 Å². The van der Waals surface area contributed by atoms with Gasteiger partial charge >= 0.3 is 0 Å². The Balaban J connectivity index is 0.00000128. The van der Waals surface area contributed by atoms with Crippen LogP contribution in [0.15, 0.2) is 54.6 Å². The quantitative estimate of drug-likeness (QED) is 0.829. The van der Waals surface area contributed by atoms with Crippen LogP contribution in [0, 0.1) is 6.42 Å². The van der Waals surface area contributed by atoms with E-state index in [2.05, 4.69) is 18.2 Å². The van der Waals surface area contributed by atoms with Gasteiger partial charge in [0.25, 0.3) is 0 Å². The maximum atomic E-state index is 8.94. The van der Waals surface area contributed by atoms with Crippen molar-refractivity contribution in [2.45, 2.75) is 0 Å². The molecule has 16 heavy (non-hydrogen) atoms. The third-order valence-corrected chi connectivity index (χ3v) is 2.36. The van der Waals surface area contributed by atoms with Crippen LogP contribution in [0.2, 0.25) is 0 Å². The van der Waals surface area contributed by atoms with Crippen molar-refractivity contribution in [3.05, 3.63) is 66.6 Å². The summed E-state index contributed by atoms with van der Waals surface area (Å²) >= 11 is 0. The summed E-state index contributed by atoms with van der Waals surface area (Å²) in [4.78, 5) is 0. The molecule has 2 rings (SSSR count). The fourth-order valence-corrected chi connectivity index (χ4v) is 1.65. The molecule has 0 aliphatic rings. The van der Waals surface area contributed by atoms with Gasteiger partial charge in [0.1, 0.15) is 12.2 Å². The molecule has 0 aliphatic carbocycles. The molecule has 0 radical (unpaired) electrons. The van der Waals surface area contributed by atoms with Crippen LogP contribution < -0.4 is 0 Å². The molecular formula is C14H13CrO+. The van der Waals surface area contributed by atoms with E-state index in [1.165, 1.54) is 5.56 Å². The Labute approximate surface area is 107 Å². The smallest absolute Gasteiger partial charge is 0.140 e. The summed E-state index contributed by atoms with van der Waals surface area (Å²) in [7, 11) is 0. The second-order valence-corrected chi connectivity index (χ2v) is 3.34. The predicted molar refractivity (Wildman–Crippen MR) is 62.4 cm³/mol. The zero-order valence-electron chi connectivity index (χ0n) is 8.84. The molecule has 2 heteroatoms. The molecule has 0 aliphatic heterocycles. The monoisotopic (exact) mass is 249 g/mol. The van der Waals surface area contributed by atoms with Gasteiger partial charge < -0.3 is 5.11 Å². The summed E-state index contributed by atoms with van der Waals surface area (Å²) in [5.41, 5.74) is 3.41. The van der Waals surface area contributed by atoms with Gasteiger partial charge in [0, 0.05) is 41.5 Å². The van der Waals surface area contributed by atoms with Gasteiger partial charge in [-0.3, -0.25) is 0 Å². The van der Waals surface area contributed by atoms with Gasteiger partial charge in [-0.1, -0.05) is 18.2 Å². The van der Waals surface area contributed by atoms with Crippen molar-refractivity contribution in [2.24, 2.45) is 0 Å². The zero-order valence-corrected chi connectivity index (χ0v) is 10.1. The third kappa shape index (κ3) is 2.90. The molecule has 0 fully saturated rings. The van der Waals surface area contributed by atoms with E-state index in [0.29, 0.717) is 0 Å². The SMILES string of the molecule is OC[CH+]c1ccccc1-c1ccccc1.[Cr]. The molecule has 0 amide bonds. The minimum Gasteiger partial charge on any atom is -0.379 e. The van der Waals surface area contributed by atoms with Crippen LogP contribution in [-0.4, -0.2) is 11.7 Å². The Hall–Kier alpha value is -1.20. The summed E-state index contributed by atoms with van der Waals surface area (Å²) in [6, 6.07) is 18.3. The standard InChI is InChI=1S/C14H13O.Cr/c15-11-10-13-8-4-5-9-14(13)12-6-2-1-3-7-12;/h1-10,15H,11H2;/q+1;. The molecule has 0 unspecified atom stereocenters. The van der Waals surface area contributed by atoms with E-state index >= 15 is 0 Å². The van der Waals surface area contributed by atoms with Crippen molar-refractivity contribution in [1.82, 2.24) is 0 Å². The van der Waals surface area contributed by atoms with Gasteiger partial charge in [0.15, 0.2) is 0 Å². The van der Waals surface area contributed by atoms with Gasteiger partial charge in [-0.25, -0.2) is 0 Å². The van der Waals surface area contributed by atoms with Gasteiger partial charge in [-0.15, -0.1) is 0 Å². The molecule has 0 heterocycles. The zero-order chi connectivity index (χ0) is 10.5. The summed E-state index contributed by atoms with van der Waals surface area (Å²) in [6.07, 6.45) is 1.82. The average molecular weight is 249 g/mol. The van der Waals surface area contributed by atoms with Crippen LogP contribution in [-0.2, 0) is 17.4 Å². The molecular weight excluding hydrogens is 236 g/mol. The minimum absolute atomic E-state index is 0. The average Bonchev–Trinajstić information content (AvgIpc) is 2.31. The number of rotatable bonds is 3. The summed E-state index contributed by atoms with van der Waals surface area (Å²) < 4.78 is 0. The van der Waals surface area contributed by atoms with Gasteiger partial charge in [-0.2, -0.15) is 0 Å². The Morgan fingerprint density at radius 3 is 2.19 bits per heavy atom. The van der Waals surface area contributed by atoms with E-state index in [0.717, 1.165) is 11.1 Å². The number of hydrogen-bond donors (Lipinski definition) is 1. The summed E-state index contributed by atoms with van der Waals surface area (Å²) in [5, 5.41) is 8.94. The fourth-order valence-electron chi connectivity index (χ4n) is 1.65. The number of aliphatic hydroxyl groups is 1. The fraction of sp³-hybridized carbons (Fsp3) is 0.0714. The Morgan fingerprint density at radius 2 is 1.50 bits per heavy atom. The van der Waals surface area contributed by atoms with E-state index in [1.807, 2.05) is 42.8 Å². The molecule has 0 spiro atoms. The molecule has 2 aromatic rings. The van der Waals surface area contributed by atoms with Crippen molar-refractivity contribution in [3.8, 4) is 11.1 Å². The minimum atomic E-state index is 0. The van der Waals surface area contributed by atoms with Crippen LogP contribution in [0.3, 0.4) is 0 Å². The van der Waals surface area contributed by atoms with E-state index < -0.39 is 0 Å². The number of benzene rings is 2. The molecule has 2 aromatic carbocycles. The molecule has 0 bridgehead atoms. The first-order chi connectivity index (χ1) is 7.42. The third-order valence-electron chi connectivity index (χ3n) is 2.36. The van der Waals surface area contributed by atoms with E-state index in [1.54, 1.807) is 0 Å². The van der Waals surface area contributed by atoms with Gasteiger partial charge in [0.05, 0.1) is 5.56 Å². The van der Waals surface area contributed by atoms with Gasteiger partial charge in [-0.05, 0) is 24.3 Å². The van der Waals surface area contributed by atoms with Crippen LogP contribution in [0.1, 0.15) is 5.56 Å². The van der Waals surface area contributed by atoms with E-state index in [4.69, 9.17) is 5.11 Å². The van der Waals surface area contributed by atoms with Crippen LogP contribution in [0.5, 0.6) is 0 Å². The van der Waals surface area contributed by atoms with Gasteiger partial charge in [0.2, 0.25) is 0 Å². The van der Waals surface area contributed by atoms with Crippen LogP contribution >= 0.6 is 0 Å². The maximum absolute atomic E-state index is 8.94. The first-order valence-corrected chi connectivity index (χ1v) is 5.00. The summed E-state index contributed by atoms with van der Waals surface area (Å²) in [5.74, 6) is 0. The molecule has 1 N–H and O–H groups in total. The van der Waals surface area contributed by atoms with Crippen molar-refractivity contribution >= 4 is 0 Å². The van der Waals surface area contributed by atoms with Crippen molar-refractivity contribution in [2.75, 3.05) is 6.61 Å². The Bertz CT molecular complexity index is 426. The number of aliphatic hydroxyl groups excluding tert-OH is 1. The van der Waals surface area contributed by atoms with Crippen LogP contribution in [0.4, 0.5) is 0 Å². The second-order valence-electron chi connectivity index (χ2n) is 3.34. The molecule has 0 saturated heterocycles. The predicted octanol–water partition coefficient (Wildman–Crippen LogP) is 2.90. The first-order valence-electron chi connectivity index (χ1n) is 5.00. The van der Waals surface area contributed by atoms with Crippen molar-refractivity contribution in [1.29, 1.82) is 0 Å². The van der Waals surface area contributed by atoms with E-state index in [-0.39, 0.29) is 24.0 Å². The largest absolute Gasteiger partial charge is 0.379 e. The molecule has 0 saturated carbocycles. The molecule has 0 aromatic heterocycles. The molecule has 0 atom stereocenters. The Morgan fingerprint density at radius 1 is 0.875 bits per heavy atom. The molecule has 80 valence electrons.